The smallest absolute Gasteiger partial charge is 0.325 e. The molecule has 30 heavy (non-hydrogen) atoms. The summed E-state index contributed by atoms with van der Waals surface area (Å²) in [5.41, 5.74) is -0.405. The standard InChI is InChI=1S/C19H13F3N4O3S/c20-19(21,22)14-6-1-2-7-16(14)23-17(27)11-30-18-9-8-15(24-25-18)12-4-3-5-13(10-12)26(28)29/h1-10H,11H2,(H,23,27). The number of nitrogens with zero attached hydrogens (tertiary/aromatic N) is 3. The van der Waals surface area contributed by atoms with E-state index in [0.717, 1.165) is 17.8 Å². The van der Waals surface area contributed by atoms with Crippen LogP contribution in [0.1, 0.15) is 5.56 Å². The molecule has 1 heterocycles. The van der Waals surface area contributed by atoms with Gasteiger partial charge in [-0.1, -0.05) is 36.0 Å². The number of nitrogens with one attached hydrogen (secondary N) is 1. The van der Waals surface area contributed by atoms with E-state index >= 15 is 0 Å². The second kappa shape index (κ2) is 8.91. The summed E-state index contributed by atoms with van der Waals surface area (Å²) in [4.78, 5) is 22.4. The zero-order valence-corrected chi connectivity index (χ0v) is 15.9. The van der Waals surface area contributed by atoms with Crippen molar-refractivity contribution in [3.63, 3.8) is 0 Å². The van der Waals surface area contributed by atoms with Crippen LogP contribution in [0.15, 0.2) is 65.7 Å². The molecule has 154 valence electrons. The molecule has 0 aliphatic heterocycles. The van der Waals surface area contributed by atoms with E-state index in [4.69, 9.17) is 0 Å². The topological polar surface area (TPSA) is 98.0 Å². The summed E-state index contributed by atoms with van der Waals surface area (Å²) in [7, 11) is 0. The van der Waals surface area contributed by atoms with Crippen LogP contribution in [0.2, 0.25) is 0 Å². The lowest BCUT2D eigenvalue weighted by atomic mass is 10.1. The molecule has 1 aromatic heterocycles. The third kappa shape index (κ3) is 5.32. The third-order valence-electron chi connectivity index (χ3n) is 3.85. The average Bonchev–Trinajstić information content (AvgIpc) is 2.72. The van der Waals surface area contributed by atoms with Crippen molar-refractivity contribution in [1.82, 2.24) is 10.2 Å². The highest BCUT2D eigenvalue weighted by atomic mass is 32.2. The number of rotatable bonds is 6. The van der Waals surface area contributed by atoms with E-state index in [1.165, 1.54) is 36.4 Å². The van der Waals surface area contributed by atoms with Crippen LogP contribution in [0.25, 0.3) is 11.3 Å². The maximum absolute atomic E-state index is 13.0. The Hall–Kier alpha value is -3.47. The number of halogens is 3. The van der Waals surface area contributed by atoms with Crippen LogP contribution >= 0.6 is 11.8 Å². The van der Waals surface area contributed by atoms with E-state index in [2.05, 4.69) is 15.5 Å². The largest absolute Gasteiger partial charge is 0.418 e. The second-order valence-corrected chi connectivity index (χ2v) is 6.94. The van der Waals surface area contributed by atoms with Gasteiger partial charge in [-0.3, -0.25) is 14.9 Å². The van der Waals surface area contributed by atoms with Crippen molar-refractivity contribution in [2.75, 3.05) is 11.1 Å². The monoisotopic (exact) mass is 434 g/mol. The fourth-order valence-corrected chi connectivity index (χ4v) is 3.11. The fraction of sp³-hybridized carbons (Fsp3) is 0.105. The van der Waals surface area contributed by atoms with Crippen LogP contribution in [-0.4, -0.2) is 26.8 Å². The highest BCUT2D eigenvalue weighted by molar-refractivity contribution is 7.99. The van der Waals surface area contributed by atoms with Gasteiger partial charge in [0.25, 0.3) is 5.69 Å². The van der Waals surface area contributed by atoms with Crippen LogP contribution < -0.4 is 5.32 Å². The lowest BCUT2D eigenvalue weighted by Crippen LogP contribution is -2.18. The molecule has 1 amide bonds. The molecule has 0 atom stereocenters. The summed E-state index contributed by atoms with van der Waals surface area (Å²) in [6.07, 6.45) is -4.58. The van der Waals surface area contributed by atoms with E-state index in [1.807, 2.05) is 0 Å². The molecule has 1 N–H and O–H groups in total. The van der Waals surface area contributed by atoms with Gasteiger partial charge in [0.2, 0.25) is 5.91 Å². The number of alkyl halides is 3. The first kappa shape index (κ1) is 21.2. The molecule has 0 radical (unpaired) electrons. The van der Waals surface area contributed by atoms with Crippen molar-refractivity contribution in [1.29, 1.82) is 0 Å². The first-order valence-electron chi connectivity index (χ1n) is 8.41. The summed E-state index contributed by atoms with van der Waals surface area (Å²) < 4.78 is 39.0. The van der Waals surface area contributed by atoms with Crippen molar-refractivity contribution >= 4 is 29.0 Å². The minimum Gasteiger partial charge on any atom is -0.325 e. The van der Waals surface area contributed by atoms with Crippen molar-refractivity contribution < 1.29 is 22.9 Å². The molecule has 0 fully saturated rings. The van der Waals surface area contributed by atoms with Gasteiger partial charge in [-0.05, 0) is 24.3 Å². The van der Waals surface area contributed by atoms with Gasteiger partial charge >= 0.3 is 6.18 Å². The SMILES string of the molecule is O=C(CSc1ccc(-c2cccc([N+](=O)[O-])c2)nn1)Nc1ccccc1C(F)(F)F. The Labute approximate surface area is 172 Å². The molecule has 11 heteroatoms. The maximum atomic E-state index is 13.0. The predicted molar refractivity (Wildman–Crippen MR) is 105 cm³/mol. The zero-order valence-electron chi connectivity index (χ0n) is 15.1. The number of para-hydroxylation sites is 1. The van der Waals surface area contributed by atoms with Crippen LogP contribution in [0, 0.1) is 10.1 Å². The summed E-state index contributed by atoms with van der Waals surface area (Å²) in [5, 5.41) is 21.4. The molecule has 0 aliphatic carbocycles. The summed E-state index contributed by atoms with van der Waals surface area (Å²) in [5.74, 6) is -0.793. The number of carbonyl (C=O) groups excluding carboxylic acids is 1. The van der Waals surface area contributed by atoms with Gasteiger partial charge in [-0.15, -0.1) is 10.2 Å². The maximum Gasteiger partial charge on any atom is 0.418 e. The van der Waals surface area contributed by atoms with Crippen molar-refractivity contribution in [3.05, 3.63) is 76.3 Å². The number of benzene rings is 2. The van der Waals surface area contributed by atoms with E-state index in [0.29, 0.717) is 16.3 Å². The van der Waals surface area contributed by atoms with Gasteiger partial charge < -0.3 is 5.32 Å². The first-order chi connectivity index (χ1) is 14.2. The van der Waals surface area contributed by atoms with Crippen molar-refractivity contribution in [2.45, 2.75) is 11.2 Å². The molecule has 0 saturated carbocycles. The Bertz CT molecular complexity index is 1080. The van der Waals surface area contributed by atoms with Crippen LogP contribution in [0.3, 0.4) is 0 Å². The Balaban J connectivity index is 1.63. The molecular weight excluding hydrogens is 421 g/mol. The van der Waals surface area contributed by atoms with E-state index in [1.54, 1.807) is 18.2 Å². The lowest BCUT2D eigenvalue weighted by molar-refractivity contribution is -0.384. The summed E-state index contributed by atoms with van der Waals surface area (Å²) in [6.45, 7) is 0. The molecule has 0 spiro atoms. The molecule has 3 rings (SSSR count). The predicted octanol–water partition coefficient (Wildman–Crippen LogP) is 4.80. The number of hydrogen-bond donors (Lipinski definition) is 1. The van der Waals surface area contributed by atoms with E-state index in [-0.39, 0.29) is 17.1 Å². The van der Waals surface area contributed by atoms with Crippen molar-refractivity contribution in [2.24, 2.45) is 0 Å². The quantitative estimate of drug-likeness (QED) is 0.340. The minimum atomic E-state index is -4.58. The fourth-order valence-electron chi connectivity index (χ4n) is 2.49. The number of thioether (sulfide) groups is 1. The second-order valence-electron chi connectivity index (χ2n) is 5.94. The van der Waals surface area contributed by atoms with Gasteiger partial charge in [0.1, 0.15) is 5.03 Å². The molecule has 2 aromatic carbocycles. The Kier molecular flexibility index (Phi) is 6.31. The first-order valence-corrected chi connectivity index (χ1v) is 9.40. The Morgan fingerprint density at radius 1 is 1.07 bits per heavy atom. The Morgan fingerprint density at radius 2 is 1.83 bits per heavy atom. The highest BCUT2D eigenvalue weighted by Crippen LogP contribution is 2.34. The van der Waals surface area contributed by atoms with E-state index < -0.39 is 22.6 Å². The molecule has 0 aliphatic rings. The zero-order chi connectivity index (χ0) is 21.7. The number of anilines is 1. The normalized spacial score (nSPS) is 11.2. The molecule has 0 saturated heterocycles. The third-order valence-corrected chi connectivity index (χ3v) is 4.77. The lowest BCUT2D eigenvalue weighted by Gasteiger charge is -2.13. The van der Waals surface area contributed by atoms with Crippen LogP contribution in [0.4, 0.5) is 24.5 Å². The molecule has 0 bridgehead atoms. The average molecular weight is 434 g/mol. The molecule has 3 aromatic rings. The number of non-ortho nitro benzene ring substituents is 1. The van der Waals surface area contributed by atoms with Gasteiger partial charge in [0.05, 0.1) is 27.6 Å². The number of aromatic nitrogens is 2. The summed E-state index contributed by atoms with van der Waals surface area (Å²) in [6, 6.07) is 13.8. The summed E-state index contributed by atoms with van der Waals surface area (Å²) >= 11 is 0.998. The van der Waals surface area contributed by atoms with Gasteiger partial charge in [-0.25, -0.2) is 0 Å². The van der Waals surface area contributed by atoms with Crippen LogP contribution in [-0.2, 0) is 11.0 Å². The number of nitro benzene ring substituents is 1. The van der Waals surface area contributed by atoms with Crippen LogP contribution in [0.5, 0.6) is 0 Å². The Morgan fingerprint density at radius 3 is 2.50 bits per heavy atom. The highest BCUT2D eigenvalue weighted by Gasteiger charge is 2.33. The minimum absolute atomic E-state index is 0.0800. The molecule has 7 nitrogen and oxygen atoms in total. The van der Waals surface area contributed by atoms with Gasteiger partial charge in [0.15, 0.2) is 0 Å². The van der Waals surface area contributed by atoms with E-state index in [9.17, 15) is 28.1 Å². The number of hydrogen-bond acceptors (Lipinski definition) is 6. The van der Waals surface area contributed by atoms with Gasteiger partial charge in [-0.2, -0.15) is 13.2 Å². The number of carbonyl (C=O) groups is 1. The molecule has 0 unspecified atom stereocenters. The van der Waals surface area contributed by atoms with Gasteiger partial charge in [0, 0.05) is 17.7 Å². The number of amides is 1. The number of nitro groups is 1. The molecular formula is C19H13F3N4O3S. The van der Waals surface area contributed by atoms with Crippen molar-refractivity contribution in [3.8, 4) is 11.3 Å².